The molecule has 0 unspecified atom stereocenters. The first-order chi connectivity index (χ1) is 11.2. The molecule has 1 aliphatic heterocycles. The summed E-state index contributed by atoms with van der Waals surface area (Å²) >= 11 is 0. The molecule has 1 N–H and O–H groups in total. The van der Waals surface area contributed by atoms with E-state index in [0.29, 0.717) is 6.54 Å². The molecular formula is C16H18N6O. The number of piperidine rings is 1. The lowest BCUT2D eigenvalue weighted by Crippen LogP contribution is -2.40. The highest BCUT2D eigenvalue weighted by atomic mass is 16.1. The van der Waals surface area contributed by atoms with E-state index in [1.54, 1.807) is 17.8 Å². The average Bonchev–Trinajstić information content (AvgIpc) is 3.12. The van der Waals surface area contributed by atoms with Crippen molar-refractivity contribution in [2.45, 2.75) is 18.9 Å². The number of aromatic nitrogens is 4. The van der Waals surface area contributed by atoms with Crippen LogP contribution in [0.25, 0.3) is 22.1 Å². The van der Waals surface area contributed by atoms with Crippen LogP contribution in [0.1, 0.15) is 18.9 Å². The highest BCUT2D eigenvalue weighted by Crippen LogP contribution is 2.28. The summed E-state index contributed by atoms with van der Waals surface area (Å²) in [6, 6.07) is 4.27. The zero-order valence-electron chi connectivity index (χ0n) is 13.0. The standard InChI is InChI=1S/C16H18N6O/c1-20-13-9-19-15-12(4-6-18-15)14(13)22(16(20)23)11-3-2-7-21(10-11)8-5-17/h4,6,9,11H,2-3,7-8,10H2,1H3,(H,18,19)/t11-/m1/s1. The Morgan fingerprint density at radius 3 is 3.22 bits per heavy atom. The highest BCUT2D eigenvalue weighted by molar-refractivity contribution is 6.01. The fraction of sp³-hybridized carbons (Fsp3) is 0.438. The van der Waals surface area contributed by atoms with Gasteiger partial charge in [0.15, 0.2) is 0 Å². The molecule has 0 aliphatic carbocycles. The Morgan fingerprint density at radius 2 is 2.39 bits per heavy atom. The molecule has 23 heavy (non-hydrogen) atoms. The molecule has 7 heteroatoms. The van der Waals surface area contributed by atoms with Crippen LogP contribution in [0.3, 0.4) is 0 Å². The number of fused-ring (bicyclic) bond motifs is 3. The summed E-state index contributed by atoms with van der Waals surface area (Å²) in [5, 5.41) is 9.91. The topological polar surface area (TPSA) is 82.6 Å². The number of hydrogen-bond donors (Lipinski definition) is 1. The van der Waals surface area contributed by atoms with Crippen molar-refractivity contribution in [3.8, 4) is 6.07 Å². The first kappa shape index (κ1) is 14.0. The number of nitrogens with one attached hydrogen (secondary N) is 1. The molecule has 1 saturated heterocycles. The van der Waals surface area contributed by atoms with E-state index in [-0.39, 0.29) is 11.7 Å². The quantitative estimate of drug-likeness (QED) is 0.725. The Balaban J connectivity index is 1.92. The molecule has 4 heterocycles. The minimum absolute atomic E-state index is 0.0145. The predicted molar refractivity (Wildman–Crippen MR) is 87.2 cm³/mol. The van der Waals surface area contributed by atoms with E-state index in [1.165, 1.54) is 0 Å². The third-order valence-electron chi connectivity index (χ3n) is 4.77. The first-order valence-electron chi connectivity index (χ1n) is 7.83. The van der Waals surface area contributed by atoms with Crippen LogP contribution in [-0.2, 0) is 7.05 Å². The van der Waals surface area contributed by atoms with E-state index in [1.807, 2.05) is 16.8 Å². The van der Waals surface area contributed by atoms with Crippen molar-refractivity contribution in [1.82, 2.24) is 24.0 Å². The molecule has 4 rings (SSSR count). The number of nitriles is 1. The zero-order chi connectivity index (χ0) is 16.0. The van der Waals surface area contributed by atoms with E-state index in [4.69, 9.17) is 5.26 Å². The molecule has 0 radical (unpaired) electrons. The molecule has 3 aromatic heterocycles. The van der Waals surface area contributed by atoms with Crippen molar-refractivity contribution in [2.75, 3.05) is 19.6 Å². The van der Waals surface area contributed by atoms with E-state index < -0.39 is 0 Å². The number of rotatable bonds is 2. The van der Waals surface area contributed by atoms with E-state index in [2.05, 4.69) is 20.9 Å². The van der Waals surface area contributed by atoms with Crippen molar-refractivity contribution in [1.29, 1.82) is 5.26 Å². The average molecular weight is 310 g/mol. The van der Waals surface area contributed by atoms with Gasteiger partial charge in [0.05, 0.1) is 35.9 Å². The third-order valence-corrected chi connectivity index (χ3v) is 4.77. The van der Waals surface area contributed by atoms with Gasteiger partial charge in [-0.1, -0.05) is 0 Å². The Bertz CT molecular complexity index is 972. The maximum absolute atomic E-state index is 12.8. The van der Waals surface area contributed by atoms with Gasteiger partial charge in [-0.2, -0.15) is 5.26 Å². The zero-order valence-corrected chi connectivity index (χ0v) is 13.0. The van der Waals surface area contributed by atoms with Gasteiger partial charge in [0, 0.05) is 25.2 Å². The molecule has 0 spiro atoms. The highest BCUT2D eigenvalue weighted by Gasteiger charge is 2.26. The van der Waals surface area contributed by atoms with Gasteiger partial charge in [0.2, 0.25) is 0 Å². The SMILES string of the molecule is Cn1c(=O)n([C@@H]2CCCN(CC#N)C2)c2c3cc[nH]c3ncc21. The monoisotopic (exact) mass is 310 g/mol. The summed E-state index contributed by atoms with van der Waals surface area (Å²) in [5.74, 6) is 0. The summed E-state index contributed by atoms with van der Waals surface area (Å²) in [6.45, 7) is 2.07. The van der Waals surface area contributed by atoms with Crippen LogP contribution in [0.5, 0.6) is 0 Å². The number of H-pyrrole nitrogens is 1. The Kier molecular flexibility index (Phi) is 3.20. The summed E-state index contributed by atoms with van der Waals surface area (Å²) < 4.78 is 3.56. The van der Waals surface area contributed by atoms with E-state index in [0.717, 1.165) is 48.0 Å². The fourth-order valence-electron chi connectivity index (χ4n) is 3.67. The van der Waals surface area contributed by atoms with E-state index in [9.17, 15) is 4.79 Å². The maximum Gasteiger partial charge on any atom is 0.329 e. The molecule has 0 amide bonds. The van der Waals surface area contributed by atoms with Crippen molar-refractivity contribution >= 4 is 22.1 Å². The molecule has 3 aromatic rings. The lowest BCUT2D eigenvalue weighted by atomic mass is 10.1. The number of pyridine rings is 1. The molecular weight excluding hydrogens is 292 g/mol. The Hall–Kier alpha value is -2.59. The van der Waals surface area contributed by atoms with Crippen LogP contribution in [-0.4, -0.2) is 43.6 Å². The maximum atomic E-state index is 12.8. The lowest BCUT2D eigenvalue weighted by Gasteiger charge is -2.31. The second kappa shape index (κ2) is 5.25. The molecule has 0 saturated carbocycles. The van der Waals surface area contributed by atoms with Crippen molar-refractivity contribution in [3.05, 3.63) is 28.9 Å². The van der Waals surface area contributed by atoms with Gasteiger partial charge >= 0.3 is 5.69 Å². The molecule has 118 valence electrons. The van der Waals surface area contributed by atoms with Gasteiger partial charge in [-0.15, -0.1) is 0 Å². The minimum Gasteiger partial charge on any atom is -0.346 e. The smallest absolute Gasteiger partial charge is 0.329 e. The number of aryl methyl sites for hydroxylation is 1. The number of likely N-dealkylation sites (tertiary alicyclic amines) is 1. The molecule has 1 fully saturated rings. The van der Waals surface area contributed by atoms with Crippen molar-refractivity contribution in [3.63, 3.8) is 0 Å². The van der Waals surface area contributed by atoms with Crippen molar-refractivity contribution < 1.29 is 0 Å². The van der Waals surface area contributed by atoms with Crippen molar-refractivity contribution in [2.24, 2.45) is 7.05 Å². The van der Waals surface area contributed by atoms with Gasteiger partial charge in [-0.05, 0) is 25.5 Å². The molecule has 0 bridgehead atoms. The molecule has 1 atom stereocenters. The first-order valence-corrected chi connectivity index (χ1v) is 7.83. The fourth-order valence-corrected chi connectivity index (χ4v) is 3.67. The second-order valence-electron chi connectivity index (χ2n) is 6.13. The number of aromatic amines is 1. The van der Waals surface area contributed by atoms with Crippen LogP contribution in [0.15, 0.2) is 23.3 Å². The van der Waals surface area contributed by atoms with Crippen LogP contribution in [0.4, 0.5) is 0 Å². The summed E-state index contributed by atoms with van der Waals surface area (Å²) in [7, 11) is 1.79. The van der Waals surface area contributed by atoms with Gasteiger partial charge in [-0.3, -0.25) is 14.0 Å². The van der Waals surface area contributed by atoms with Gasteiger partial charge < -0.3 is 4.98 Å². The van der Waals surface area contributed by atoms with Gasteiger partial charge in [-0.25, -0.2) is 9.78 Å². The summed E-state index contributed by atoms with van der Waals surface area (Å²) in [4.78, 5) is 22.4. The Morgan fingerprint density at radius 1 is 1.52 bits per heavy atom. The predicted octanol–water partition coefficient (Wildman–Crippen LogP) is 1.38. The number of nitrogens with zero attached hydrogens (tertiary/aromatic N) is 5. The largest absolute Gasteiger partial charge is 0.346 e. The van der Waals surface area contributed by atoms with Gasteiger partial charge in [0.1, 0.15) is 5.65 Å². The molecule has 7 nitrogen and oxygen atoms in total. The Labute approximate surface area is 132 Å². The lowest BCUT2D eigenvalue weighted by molar-refractivity contribution is 0.195. The van der Waals surface area contributed by atoms with E-state index >= 15 is 0 Å². The number of imidazole rings is 1. The minimum atomic E-state index is -0.0145. The van der Waals surface area contributed by atoms with Crippen LogP contribution in [0, 0.1) is 11.3 Å². The summed E-state index contributed by atoms with van der Waals surface area (Å²) in [6.07, 6.45) is 5.55. The van der Waals surface area contributed by atoms with Crippen LogP contribution in [0.2, 0.25) is 0 Å². The van der Waals surface area contributed by atoms with Crippen LogP contribution < -0.4 is 5.69 Å². The van der Waals surface area contributed by atoms with Gasteiger partial charge in [0.25, 0.3) is 0 Å². The second-order valence-corrected chi connectivity index (χ2v) is 6.13. The number of hydrogen-bond acceptors (Lipinski definition) is 4. The third kappa shape index (κ3) is 2.06. The normalized spacial score (nSPS) is 19.4. The molecule has 0 aromatic carbocycles. The summed E-state index contributed by atoms with van der Waals surface area (Å²) in [5.41, 5.74) is 2.56. The van der Waals surface area contributed by atoms with Crippen LogP contribution >= 0.6 is 0 Å². The molecule has 1 aliphatic rings.